The molecule has 0 aromatic heterocycles. The van der Waals surface area contributed by atoms with Crippen LogP contribution < -0.4 is 15.4 Å². The standard InChI is InChI=1S/C31H49N5O6/c1-22-19-36(23(2)21-37)30(39)18-24-17-26(32-29(38)11-12-35-13-15-41-16-14-35)9-10-27(24)42-28(22)20-34(3)31(40)33-25-7-5-4-6-8-25/h9-10,17,22-23,25,28,37H,4-8,11-16,18-21H2,1-3H3,(H,32,38)(H,33,40)/t22-,23-,28-/m0/s1. The second-order valence-electron chi connectivity index (χ2n) is 12.1. The van der Waals surface area contributed by atoms with Crippen LogP contribution in [0, 0.1) is 5.92 Å². The van der Waals surface area contributed by atoms with Gasteiger partial charge in [0.15, 0.2) is 0 Å². The predicted octanol–water partition coefficient (Wildman–Crippen LogP) is 2.47. The molecule has 0 bridgehead atoms. The van der Waals surface area contributed by atoms with Gasteiger partial charge < -0.3 is 35.0 Å². The maximum Gasteiger partial charge on any atom is 0.317 e. The van der Waals surface area contributed by atoms with E-state index in [1.165, 1.54) is 6.42 Å². The summed E-state index contributed by atoms with van der Waals surface area (Å²) in [4.78, 5) is 44.8. The van der Waals surface area contributed by atoms with Crippen molar-refractivity contribution in [3.05, 3.63) is 23.8 Å². The molecular formula is C31H49N5O6. The van der Waals surface area contributed by atoms with E-state index in [0.717, 1.165) is 38.8 Å². The molecule has 2 heterocycles. The van der Waals surface area contributed by atoms with Gasteiger partial charge in [-0.15, -0.1) is 0 Å². The molecule has 1 aromatic carbocycles. The van der Waals surface area contributed by atoms with Crippen molar-refractivity contribution in [3.8, 4) is 5.75 Å². The van der Waals surface area contributed by atoms with Gasteiger partial charge >= 0.3 is 6.03 Å². The molecule has 2 fully saturated rings. The molecule has 11 nitrogen and oxygen atoms in total. The van der Waals surface area contributed by atoms with E-state index < -0.39 is 0 Å². The number of carbonyl (C=O) groups excluding carboxylic acids is 3. The van der Waals surface area contributed by atoms with Gasteiger partial charge in [0.05, 0.1) is 38.8 Å². The lowest BCUT2D eigenvalue weighted by Crippen LogP contribution is -2.50. The summed E-state index contributed by atoms with van der Waals surface area (Å²) < 4.78 is 11.9. The fourth-order valence-corrected chi connectivity index (χ4v) is 5.92. The molecule has 1 aromatic rings. The Morgan fingerprint density at radius 3 is 2.62 bits per heavy atom. The summed E-state index contributed by atoms with van der Waals surface area (Å²) in [5.74, 6) is 0.238. The van der Waals surface area contributed by atoms with Gasteiger partial charge in [-0.05, 0) is 38.0 Å². The summed E-state index contributed by atoms with van der Waals surface area (Å²) in [5, 5.41) is 16.0. The largest absolute Gasteiger partial charge is 0.488 e. The minimum absolute atomic E-state index is 0.0780. The number of anilines is 1. The lowest BCUT2D eigenvalue weighted by molar-refractivity contribution is -0.134. The molecule has 0 spiro atoms. The zero-order valence-electron chi connectivity index (χ0n) is 25.5. The van der Waals surface area contributed by atoms with Crippen LogP contribution in [0.5, 0.6) is 5.75 Å². The second kappa shape index (κ2) is 15.5. The molecule has 1 saturated carbocycles. The Morgan fingerprint density at radius 2 is 1.90 bits per heavy atom. The van der Waals surface area contributed by atoms with Crippen molar-refractivity contribution in [3.63, 3.8) is 0 Å². The molecule has 3 aliphatic rings. The Morgan fingerprint density at radius 1 is 1.17 bits per heavy atom. The van der Waals surface area contributed by atoms with Crippen LogP contribution in [0.15, 0.2) is 18.2 Å². The number of morpholine rings is 1. The highest BCUT2D eigenvalue weighted by molar-refractivity contribution is 5.91. The first-order valence-electron chi connectivity index (χ1n) is 15.5. The van der Waals surface area contributed by atoms with E-state index in [4.69, 9.17) is 9.47 Å². The Bertz CT molecular complexity index is 1060. The van der Waals surface area contributed by atoms with E-state index in [-0.39, 0.29) is 55.0 Å². The number of amides is 4. The summed E-state index contributed by atoms with van der Waals surface area (Å²) in [6.07, 6.45) is 5.55. The molecule has 0 radical (unpaired) electrons. The fourth-order valence-electron chi connectivity index (χ4n) is 5.92. The Labute approximate surface area is 249 Å². The number of rotatable bonds is 9. The van der Waals surface area contributed by atoms with Gasteiger partial charge in [0.1, 0.15) is 11.9 Å². The van der Waals surface area contributed by atoms with Crippen LogP contribution >= 0.6 is 0 Å². The molecule has 0 unspecified atom stereocenters. The molecule has 2 aliphatic heterocycles. The number of nitrogens with one attached hydrogen (secondary N) is 2. The summed E-state index contributed by atoms with van der Waals surface area (Å²) in [6.45, 7) is 8.11. The Kier molecular flexibility index (Phi) is 11.9. The summed E-state index contributed by atoms with van der Waals surface area (Å²) in [6, 6.07) is 5.11. The van der Waals surface area contributed by atoms with Crippen molar-refractivity contribution in [2.24, 2.45) is 5.92 Å². The number of ether oxygens (including phenoxy) is 2. The van der Waals surface area contributed by atoms with Crippen LogP contribution in [0.25, 0.3) is 0 Å². The number of hydrogen-bond acceptors (Lipinski definition) is 7. The number of nitrogens with zero attached hydrogens (tertiary/aromatic N) is 3. The minimum atomic E-state index is -0.390. The van der Waals surface area contributed by atoms with Crippen molar-refractivity contribution in [2.75, 3.05) is 64.9 Å². The van der Waals surface area contributed by atoms with Gasteiger partial charge in [-0.3, -0.25) is 14.5 Å². The second-order valence-corrected chi connectivity index (χ2v) is 12.1. The topological polar surface area (TPSA) is 124 Å². The van der Waals surface area contributed by atoms with Crippen LogP contribution in [0.1, 0.15) is 57.9 Å². The summed E-state index contributed by atoms with van der Waals surface area (Å²) >= 11 is 0. The number of fused-ring (bicyclic) bond motifs is 1. The molecule has 11 heteroatoms. The van der Waals surface area contributed by atoms with Crippen molar-refractivity contribution in [2.45, 2.75) is 77.0 Å². The molecule has 4 amide bonds. The average Bonchev–Trinajstić information content (AvgIpc) is 3.04. The average molecular weight is 588 g/mol. The van der Waals surface area contributed by atoms with Crippen molar-refractivity contribution in [1.29, 1.82) is 0 Å². The van der Waals surface area contributed by atoms with Crippen molar-refractivity contribution < 1.29 is 29.0 Å². The molecule has 42 heavy (non-hydrogen) atoms. The van der Waals surface area contributed by atoms with Gasteiger partial charge in [-0.2, -0.15) is 0 Å². The number of urea groups is 1. The third kappa shape index (κ3) is 9.05. The number of carbonyl (C=O) groups is 3. The highest BCUT2D eigenvalue weighted by Crippen LogP contribution is 2.29. The van der Waals surface area contributed by atoms with Gasteiger partial charge in [0.25, 0.3) is 0 Å². The van der Waals surface area contributed by atoms with Gasteiger partial charge in [0.2, 0.25) is 11.8 Å². The molecule has 3 N–H and O–H groups in total. The summed E-state index contributed by atoms with van der Waals surface area (Å²) in [7, 11) is 1.77. The third-order valence-electron chi connectivity index (χ3n) is 8.69. The van der Waals surface area contributed by atoms with Crippen LogP contribution in [0.2, 0.25) is 0 Å². The maximum absolute atomic E-state index is 13.5. The number of aliphatic hydroxyl groups excluding tert-OH is 1. The normalized spacial score (nSPS) is 23.0. The van der Waals surface area contributed by atoms with Gasteiger partial charge in [0, 0.05) is 62.9 Å². The number of benzene rings is 1. The van der Waals surface area contributed by atoms with E-state index in [1.54, 1.807) is 35.0 Å². The van der Waals surface area contributed by atoms with Crippen LogP contribution in [0.4, 0.5) is 10.5 Å². The quantitative estimate of drug-likeness (QED) is 0.406. The highest BCUT2D eigenvalue weighted by Gasteiger charge is 2.32. The lowest BCUT2D eigenvalue weighted by Gasteiger charge is -2.34. The van der Waals surface area contributed by atoms with Gasteiger partial charge in [-0.25, -0.2) is 4.79 Å². The number of aliphatic hydroxyl groups is 1. The molecule has 4 rings (SSSR count). The van der Waals surface area contributed by atoms with E-state index >= 15 is 0 Å². The molecule has 1 aliphatic carbocycles. The van der Waals surface area contributed by atoms with E-state index in [2.05, 4.69) is 15.5 Å². The first-order valence-corrected chi connectivity index (χ1v) is 15.5. The molecule has 1 saturated heterocycles. The van der Waals surface area contributed by atoms with Crippen molar-refractivity contribution >= 4 is 23.5 Å². The van der Waals surface area contributed by atoms with E-state index in [9.17, 15) is 19.5 Å². The zero-order valence-corrected chi connectivity index (χ0v) is 25.5. The van der Waals surface area contributed by atoms with E-state index in [1.807, 2.05) is 13.8 Å². The monoisotopic (exact) mass is 587 g/mol. The number of hydrogen-bond donors (Lipinski definition) is 3. The maximum atomic E-state index is 13.5. The molecular weight excluding hydrogens is 538 g/mol. The lowest BCUT2D eigenvalue weighted by atomic mass is 9.96. The number of likely N-dealkylation sites (N-methyl/N-ethyl adjacent to an activating group) is 1. The molecule has 234 valence electrons. The van der Waals surface area contributed by atoms with Gasteiger partial charge in [-0.1, -0.05) is 26.2 Å². The van der Waals surface area contributed by atoms with Crippen LogP contribution in [-0.2, 0) is 20.7 Å². The highest BCUT2D eigenvalue weighted by atomic mass is 16.5. The minimum Gasteiger partial charge on any atom is -0.488 e. The van der Waals surface area contributed by atoms with Crippen molar-refractivity contribution in [1.82, 2.24) is 20.0 Å². The molecule has 3 atom stereocenters. The third-order valence-corrected chi connectivity index (χ3v) is 8.69. The van der Waals surface area contributed by atoms with Crippen LogP contribution in [0.3, 0.4) is 0 Å². The van der Waals surface area contributed by atoms with E-state index in [0.29, 0.717) is 56.3 Å². The van der Waals surface area contributed by atoms with Crippen LogP contribution in [-0.4, -0.2) is 115 Å². The zero-order chi connectivity index (χ0) is 30.1. The smallest absolute Gasteiger partial charge is 0.317 e. The first-order chi connectivity index (χ1) is 20.2. The summed E-state index contributed by atoms with van der Waals surface area (Å²) in [5.41, 5.74) is 1.27. The predicted molar refractivity (Wildman–Crippen MR) is 161 cm³/mol. The first kappa shape index (κ1) is 32.0. The SMILES string of the molecule is C[C@H]1CN([C@@H](C)CO)C(=O)Cc2cc(NC(=O)CCN3CCOCC3)ccc2O[C@H]1CN(C)C(=O)NC1CCCCC1. The fraction of sp³-hybridized carbons (Fsp3) is 0.710. The Balaban J connectivity index is 1.48. The Hall–Kier alpha value is -2.89.